The molecule has 0 aromatic heterocycles. The van der Waals surface area contributed by atoms with Crippen molar-refractivity contribution >= 4 is 98.2 Å². The highest BCUT2D eigenvalue weighted by molar-refractivity contribution is 9.10. The molecule has 0 radical (unpaired) electrons. The van der Waals surface area contributed by atoms with E-state index in [-0.39, 0.29) is 51.6 Å². The zero-order chi connectivity index (χ0) is 67.4. The third-order valence-corrected chi connectivity index (χ3v) is 20.4. The van der Waals surface area contributed by atoms with Gasteiger partial charge in [-0.3, -0.25) is 0 Å². The summed E-state index contributed by atoms with van der Waals surface area (Å²) in [6.07, 6.45) is 0. The Balaban J connectivity index is 0.000000155. The summed E-state index contributed by atoms with van der Waals surface area (Å²) in [6.45, 7) is 38.1. The standard InChI is InChI=1S/C38H40BNO2.C32H28BrN.C12H24B2O4/c1-36(2,3)31-17-23-34(24-18-31)40(33-20-14-28(15-21-33)27-11-9-8-10-12-27)35-22-16-29-25-32(19-13-30(29)26-35)39-41-37(4,5)38(6,7)42-39;1-32(2,3)27-13-19-30(20-14-27)34(31-18-12-25-21-28(33)15-9-26(25)22-31)29-16-10-24(11-17-29)23-7-5-4-6-8-23;1-9(2)10(3,4)16-13(15-9)14-17-11(5,6)12(7,8)18-14/h8-26H,1-7H3;4-22H,1-3H3;1-8H3. The Labute approximate surface area is 569 Å². The van der Waals surface area contributed by atoms with E-state index < -0.39 is 14.0 Å². The molecule has 0 unspecified atom stereocenters. The Kier molecular flexibility index (Phi) is 18.9. The van der Waals surface area contributed by atoms with Crippen molar-refractivity contribution in [2.45, 2.75) is 169 Å². The minimum atomic E-state index is -0.476. The minimum absolute atomic E-state index is 0.0958. The first-order valence-electron chi connectivity index (χ1n) is 33.1. The monoisotopic (exact) mass is 1310 g/mol. The van der Waals surface area contributed by atoms with Crippen LogP contribution in [0.25, 0.3) is 43.8 Å². The topological polar surface area (TPSA) is 61.9 Å². The van der Waals surface area contributed by atoms with Crippen LogP contribution in [0.4, 0.5) is 34.1 Å². The highest BCUT2D eigenvalue weighted by Crippen LogP contribution is 2.45. The van der Waals surface area contributed by atoms with Crippen molar-refractivity contribution < 1.29 is 27.9 Å². The van der Waals surface area contributed by atoms with Gasteiger partial charge in [0.25, 0.3) is 0 Å². The van der Waals surface area contributed by atoms with Gasteiger partial charge in [0.15, 0.2) is 0 Å². The van der Waals surface area contributed by atoms with Crippen LogP contribution in [0.15, 0.2) is 235 Å². The Bertz CT molecular complexity index is 4180. The van der Waals surface area contributed by atoms with E-state index in [2.05, 4.69) is 325 Å². The molecule has 8 nitrogen and oxygen atoms in total. The fourth-order valence-electron chi connectivity index (χ4n) is 11.8. The lowest BCUT2D eigenvalue weighted by Gasteiger charge is -2.32. The van der Waals surface area contributed by atoms with Gasteiger partial charge in [0.2, 0.25) is 0 Å². The van der Waals surface area contributed by atoms with Gasteiger partial charge in [0.05, 0.1) is 33.6 Å². The summed E-state index contributed by atoms with van der Waals surface area (Å²) in [4.78, 5) is 4.67. The highest BCUT2D eigenvalue weighted by atomic mass is 79.9. The lowest BCUT2D eigenvalue weighted by Crippen LogP contribution is -2.41. The van der Waals surface area contributed by atoms with Crippen molar-refractivity contribution in [2.75, 3.05) is 9.80 Å². The molecular formula is C82H92B3BrN2O6. The molecule has 0 N–H and O–H groups in total. The van der Waals surface area contributed by atoms with Crippen molar-refractivity contribution in [1.82, 2.24) is 0 Å². The van der Waals surface area contributed by atoms with Gasteiger partial charge < -0.3 is 37.7 Å². The van der Waals surface area contributed by atoms with Crippen molar-refractivity contribution in [1.29, 1.82) is 0 Å². The Morgan fingerprint density at radius 1 is 0.287 bits per heavy atom. The molecule has 0 aliphatic carbocycles. The van der Waals surface area contributed by atoms with E-state index in [4.69, 9.17) is 27.9 Å². The summed E-state index contributed by atoms with van der Waals surface area (Å²) >= 11 is 3.59. The molecule has 0 bridgehead atoms. The predicted molar refractivity (Wildman–Crippen MR) is 401 cm³/mol. The SMILES string of the molecule is CC(C)(C)c1ccc(N(c2ccc(-c3ccccc3)cc2)c2ccc3cc(B4OC(C)(C)C(C)(C)O4)ccc3c2)cc1.CC(C)(C)c1ccc(N(c2ccc(-c3ccccc3)cc2)c2ccc3cc(Br)ccc3c2)cc1.CC1(C)OB(B2OC(C)(C)C(C)(C)O2)OC1(C)C. The molecule has 12 heteroatoms. The first kappa shape index (κ1) is 68.1. The number of halogens is 1. The van der Waals surface area contributed by atoms with E-state index >= 15 is 0 Å². The van der Waals surface area contributed by atoms with Crippen molar-refractivity contribution in [3.63, 3.8) is 0 Å². The molecular weight excluding hydrogens is 1220 g/mol. The first-order chi connectivity index (χ1) is 44.2. The zero-order valence-electron chi connectivity index (χ0n) is 58.4. The van der Waals surface area contributed by atoms with Gasteiger partial charge in [-0.15, -0.1) is 0 Å². The van der Waals surface area contributed by atoms with E-state index in [9.17, 15) is 0 Å². The molecule has 94 heavy (non-hydrogen) atoms. The number of fused-ring (bicyclic) bond motifs is 2. The molecule has 3 saturated heterocycles. The van der Waals surface area contributed by atoms with E-state index in [1.807, 2.05) is 55.4 Å². The molecule has 3 aliphatic rings. The van der Waals surface area contributed by atoms with E-state index in [0.717, 1.165) is 49.4 Å². The second kappa shape index (κ2) is 26.1. The van der Waals surface area contributed by atoms with Gasteiger partial charge in [-0.05, 0) is 239 Å². The van der Waals surface area contributed by atoms with E-state index in [1.54, 1.807) is 0 Å². The number of rotatable bonds is 10. The lowest BCUT2D eigenvalue weighted by molar-refractivity contribution is 0.00578. The largest absolute Gasteiger partial charge is 0.494 e. The van der Waals surface area contributed by atoms with E-state index in [1.165, 1.54) is 49.5 Å². The van der Waals surface area contributed by atoms with Gasteiger partial charge >= 0.3 is 21.1 Å². The smallest absolute Gasteiger partial charge is 0.405 e. The average molecular weight is 1310 g/mol. The van der Waals surface area contributed by atoms with Crippen molar-refractivity contribution in [3.05, 3.63) is 246 Å². The van der Waals surface area contributed by atoms with Crippen LogP contribution >= 0.6 is 15.9 Å². The summed E-state index contributed by atoms with van der Waals surface area (Å²) in [5.41, 5.74) is 13.4. The highest BCUT2D eigenvalue weighted by Gasteiger charge is 2.64. The summed E-state index contributed by atoms with van der Waals surface area (Å²) in [5, 5.41) is 4.77. The Morgan fingerprint density at radius 3 is 0.915 bits per heavy atom. The van der Waals surface area contributed by atoms with Crippen LogP contribution in [-0.2, 0) is 38.8 Å². The van der Waals surface area contributed by atoms with Gasteiger partial charge in [-0.25, -0.2) is 0 Å². The molecule has 0 atom stereocenters. The molecule has 0 amide bonds. The number of hydrogen-bond donors (Lipinski definition) is 0. The fraction of sp³-hybridized carbons (Fsp3) is 0.317. The molecule has 13 rings (SSSR count). The maximum Gasteiger partial charge on any atom is 0.494 e. The molecule has 3 fully saturated rings. The number of anilines is 6. The number of benzene rings is 10. The molecule has 482 valence electrons. The Morgan fingerprint density at radius 2 is 0.564 bits per heavy atom. The van der Waals surface area contributed by atoms with Gasteiger partial charge in [0.1, 0.15) is 0 Å². The maximum atomic E-state index is 6.32. The average Bonchev–Trinajstić information content (AvgIpc) is 1.56. The molecule has 3 aliphatic heterocycles. The van der Waals surface area contributed by atoms with Crippen LogP contribution in [0, 0.1) is 0 Å². The van der Waals surface area contributed by atoms with Crippen LogP contribution in [0.3, 0.4) is 0 Å². The maximum absolute atomic E-state index is 6.32. The fourth-order valence-corrected chi connectivity index (χ4v) is 12.2. The molecule has 0 spiro atoms. The molecule has 10 aromatic carbocycles. The number of nitrogens with zero attached hydrogens (tertiary/aromatic N) is 2. The summed E-state index contributed by atoms with van der Waals surface area (Å²) in [5.74, 6) is 0. The third-order valence-electron chi connectivity index (χ3n) is 19.9. The van der Waals surface area contributed by atoms with Gasteiger partial charge in [-0.2, -0.15) is 0 Å². The summed E-state index contributed by atoms with van der Waals surface area (Å²) in [6, 6.07) is 83.0. The second-order valence-corrected chi connectivity index (χ2v) is 31.3. The zero-order valence-corrected chi connectivity index (χ0v) is 60.0. The molecule has 10 aromatic rings. The molecule has 0 saturated carbocycles. The summed E-state index contributed by atoms with van der Waals surface area (Å²) in [7, 11) is -1.33. The Hall–Kier alpha value is -7.25. The van der Waals surface area contributed by atoms with Gasteiger partial charge in [0, 0.05) is 38.6 Å². The predicted octanol–water partition coefficient (Wildman–Crippen LogP) is 21.9. The van der Waals surface area contributed by atoms with Crippen LogP contribution in [0.1, 0.15) is 136 Å². The van der Waals surface area contributed by atoms with Crippen LogP contribution in [0.5, 0.6) is 0 Å². The second-order valence-electron chi connectivity index (χ2n) is 30.4. The molecule has 3 heterocycles. The van der Waals surface area contributed by atoms with Crippen molar-refractivity contribution in [3.8, 4) is 22.3 Å². The quantitative estimate of drug-likeness (QED) is 0.126. The van der Waals surface area contributed by atoms with E-state index in [0.29, 0.717) is 0 Å². The van der Waals surface area contributed by atoms with Crippen LogP contribution in [0.2, 0.25) is 0 Å². The lowest BCUT2D eigenvalue weighted by atomic mass is 9.49. The van der Waals surface area contributed by atoms with Gasteiger partial charge in [-0.1, -0.05) is 203 Å². The van der Waals surface area contributed by atoms with Crippen molar-refractivity contribution in [2.24, 2.45) is 0 Å². The van der Waals surface area contributed by atoms with Crippen LogP contribution in [-0.4, -0.2) is 54.7 Å². The van der Waals surface area contributed by atoms with Crippen LogP contribution < -0.4 is 15.3 Å². The minimum Gasteiger partial charge on any atom is -0.405 e. The summed E-state index contributed by atoms with van der Waals surface area (Å²) < 4.78 is 37.6. The number of hydrogen-bond acceptors (Lipinski definition) is 8. The first-order valence-corrected chi connectivity index (χ1v) is 33.9. The normalized spacial score (nSPS) is 17.5. The third kappa shape index (κ3) is 14.6.